The number of carbonyl (C=O) groups excluding carboxylic acids is 2. The Kier molecular flexibility index (Phi) is 5.84. The lowest BCUT2D eigenvalue weighted by Gasteiger charge is -2.27. The Balaban J connectivity index is 1.66. The zero-order chi connectivity index (χ0) is 19.5. The number of esters is 1. The van der Waals surface area contributed by atoms with Crippen molar-refractivity contribution in [3.63, 3.8) is 0 Å². The van der Waals surface area contributed by atoms with Gasteiger partial charge in [0.05, 0.1) is 20.6 Å². The summed E-state index contributed by atoms with van der Waals surface area (Å²) in [6, 6.07) is 8.02. The number of para-hydroxylation sites is 1. The van der Waals surface area contributed by atoms with E-state index in [2.05, 4.69) is 16.4 Å². The van der Waals surface area contributed by atoms with Gasteiger partial charge in [-0.2, -0.15) is 0 Å². The molecule has 6 heteroatoms. The fourth-order valence-electron chi connectivity index (χ4n) is 3.58. The first-order chi connectivity index (χ1) is 12.8. The average molecular weight is 389 g/mol. The highest BCUT2D eigenvalue weighted by Gasteiger charge is 2.43. The lowest BCUT2D eigenvalue weighted by atomic mass is 9.83. The van der Waals surface area contributed by atoms with Crippen molar-refractivity contribution in [2.75, 3.05) is 6.61 Å². The lowest BCUT2D eigenvalue weighted by molar-refractivity contribution is -0.159. The van der Waals surface area contributed by atoms with Crippen LogP contribution in [0.2, 0.25) is 0 Å². The van der Waals surface area contributed by atoms with Crippen molar-refractivity contribution < 1.29 is 14.3 Å². The van der Waals surface area contributed by atoms with E-state index < -0.39 is 5.41 Å². The summed E-state index contributed by atoms with van der Waals surface area (Å²) >= 11 is 1.64. The van der Waals surface area contributed by atoms with Gasteiger partial charge in [-0.3, -0.25) is 9.59 Å². The van der Waals surface area contributed by atoms with E-state index in [1.807, 2.05) is 39.0 Å². The summed E-state index contributed by atoms with van der Waals surface area (Å²) in [6.45, 7) is 5.71. The number of aromatic nitrogens is 1. The minimum Gasteiger partial charge on any atom is -0.455 e. The standard InChI is InChI=1S/C21H28N2O3S/c1-4-20(2,3)23-17(24)14-26-19(25)21(11-7-8-12-21)13-18-22-15-9-5-6-10-16(15)27-18/h5-6,9-10H,4,7-8,11-14H2,1-3H3,(H,23,24). The zero-order valence-corrected chi connectivity index (χ0v) is 17.2. The first-order valence-corrected chi connectivity index (χ1v) is 10.5. The number of amides is 1. The van der Waals surface area contributed by atoms with Gasteiger partial charge in [0.15, 0.2) is 6.61 Å². The van der Waals surface area contributed by atoms with Crippen molar-refractivity contribution >= 4 is 33.4 Å². The third-order valence-corrected chi connectivity index (χ3v) is 6.55. The highest BCUT2D eigenvalue weighted by Crippen LogP contribution is 2.43. The SMILES string of the molecule is CCC(C)(C)NC(=O)COC(=O)C1(Cc2nc3ccccc3s2)CCCC1. The predicted molar refractivity (Wildman–Crippen MR) is 108 cm³/mol. The van der Waals surface area contributed by atoms with Crippen molar-refractivity contribution in [3.05, 3.63) is 29.3 Å². The summed E-state index contributed by atoms with van der Waals surface area (Å²) in [7, 11) is 0. The normalized spacial score (nSPS) is 16.4. The summed E-state index contributed by atoms with van der Waals surface area (Å²) < 4.78 is 6.59. The average Bonchev–Trinajstić information content (AvgIpc) is 3.26. The molecule has 0 atom stereocenters. The molecule has 2 aromatic rings. The van der Waals surface area contributed by atoms with E-state index in [1.54, 1.807) is 11.3 Å². The minimum atomic E-state index is -0.547. The van der Waals surface area contributed by atoms with Crippen molar-refractivity contribution in [2.45, 2.75) is 64.8 Å². The number of benzene rings is 1. The number of ether oxygens (including phenoxy) is 1. The van der Waals surface area contributed by atoms with Gasteiger partial charge < -0.3 is 10.1 Å². The van der Waals surface area contributed by atoms with Crippen LogP contribution in [0.1, 0.15) is 57.9 Å². The molecule has 1 saturated carbocycles. The topological polar surface area (TPSA) is 68.3 Å². The molecule has 27 heavy (non-hydrogen) atoms. The molecule has 1 aromatic carbocycles. The maximum absolute atomic E-state index is 12.9. The lowest BCUT2D eigenvalue weighted by Crippen LogP contribution is -2.45. The van der Waals surface area contributed by atoms with Crippen LogP contribution < -0.4 is 5.32 Å². The van der Waals surface area contributed by atoms with Gasteiger partial charge in [0.25, 0.3) is 5.91 Å². The number of hydrogen-bond donors (Lipinski definition) is 1. The number of fused-ring (bicyclic) bond motifs is 1. The van der Waals surface area contributed by atoms with Crippen LogP contribution in [-0.2, 0) is 20.7 Å². The Morgan fingerprint density at radius 1 is 1.26 bits per heavy atom. The van der Waals surface area contributed by atoms with Gasteiger partial charge >= 0.3 is 5.97 Å². The summed E-state index contributed by atoms with van der Waals surface area (Å²) in [5.41, 5.74) is 0.129. The van der Waals surface area contributed by atoms with Crippen LogP contribution in [0.25, 0.3) is 10.2 Å². The van der Waals surface area contributed by atoms with Crippen molar-refractivity contribution in [3.8, 4) is 0 Å². The second kappa shape index (κ2) is 7.97. The zero-order valence-electron chi connectivity index (χ0n) is 16.3. The molecule has 1 aliphatic rings. The Bertz CT molecular complexity index is 789. The third kappa shape index (κ3) is 4.67. The Morgan fingerprint density at radius 2 is 1.96 bits per heavy atom. The Hall–Kier alpha value is -1.95. The fraction of sp³-hybridized carbons (Fsp3) is 0.571. The van der Waals surface area contributed by atoms with Gasteiger partial charge in [0.2, 0.25) is 0 Å². The highest BCUT2D eigenvalue weighted by atomic mass is 32.1. The molecule has 0 bridgehead atoms. The van der Waals surface area contributed by atoms with Gasteiger partial charge in [-0.05, 0) is 45.2 Å². The molecule has 1 N–H and O–H groups in total. The van der Waals surface area contributed by atoms with Crippen molar-refractivity contribution in [1.29, 1.82) is 0 Å². The van der Waals surface area contributed by atoms with E-state index >= 15 is 0 Å². The van der Waals surface area contributed by atoms with Crippen molar-refractivity contribution in [1.82, 2.24) is 10.3 Å². The van der Waals surface area contributed by atoms with Crippen LogP contribution in [0.15, 0.2) is 24.3 Å². The van der Waals surface area contributed by atoms with Gasteiger partial charge in [0.1, 0.15) is 0 Å². The molecule has 1 fully saturated rings. The second-order valence-corrected chi connectivity index (χ2v) is 9.22. The quantitative estimate of drug-likeness (QED) is 0.720. The van der Waals surface area contributed by atoms with Crippen LogP contribution in [0, 0.1) is 5.41 Å². The largest absolute Gasteiger partial charge is 0.455 e. The van der Waals surface area contributed by atoms with Crippen LogP contribution in [-0.4, -0.2) is 29.0 Å². The molecule has 146 valence electrons. The number of hydrogen-bond acceptors (Lipinski definition) is 5. The molecule has 0 spiro atoms. The minimum absolute atomic E-state index is 0.218. The molecule has 5 nitrogen and oxygen atoms in total. The number of nitrogens with one attached hydrogen (secondary N) is 1. The van der Waals surface area contributed by atoms with Crippen LogP contribution in [0.3, 0.4) is 0 Å². The molecule has 1 amide bonds. The number of nitrogens with zero attached hydrogens (tertiary/aromatic N) is 1. The molecule has 0 aliphatic heterocycles. The molecule has 0 radical (unpaired) electrons. The van der Waals surface area contributed by atoms with Crippen LogP contribution in [0.4, 0.5) is 0 Å². The smallest absolute Gasteiger partial charge is 0.313 e. The van der Waals surface area contributed by atoms with E-state index in [0.29, 0.717) is 6.42 Å². The highest BCUT2D eigenvalue weighted by molar-refractivity contribution is 7.18. The molecule has 1 heterocycles. The molecule has 1 aromatic heterocycles. The van der Waals surface area contributed by atoms with E-state index in [4.69, 9.17) is 4.74 Å². The van der Waals surface area contributed by atoms with Gasteiger partial charge in [-0.25, -0.2) is 4.98 Å². The number of rotatable bonds is 7. The summed E-state index contributed by atoms with van der Waals surface area (Å²) in [6.07, 6.45) is 5.01. The van der Waals surface area contributed by atoms with Crippen LogP contribution in [0.5, 0.6) is 0 Å². The van der Waals surface area contributed by atoms with Gasteiger partial charge in [-0.1, -0.05) is 31.9 Å². The van der Waals surface area contributed by atoms with E-state index in [9.17, 15) is 9.59 Å². The van der Waals surface area contributed by atoms with Gasteiger partial charge in [-0.15, -0.1) is 11.3 Å². The summed E-state index contributed by atoms with van der Waals surface area (Å²) in [5, 5.41) is 3.87. The number of carbonyl (C=O) groups is 2. The summed E-state index contributed by atoms with van der Waals surface area (Å²) in [4.78, 5) is 29.7. The first-order valence-electron chi connectivity index (χ1n) is 9.66. The third-order valence-electron chi connectivity index (χ3n) is 5.52. The first kappa shape index (κ1) is 19.8. The van der Waals surface area contributed by atoms with Crippen LogP contribution >= 0.6 is 11.3 Å². The molecule has 1 aliphatic carbocycles. The Labute approximate surface area is 164 Å². The molecular weight excluding hydrogens is 360 g/mol. The van der Waals surface area contributed by atoms with E-state index in [-0.39, 0.29) is 24.0 Å². The Morgan fingerprint density at radius 3 is 2.63 bits per heavy atom. The van der Waals surface area contributed by atoms with Crippen molar-refractivity contribution in [2.24, 2.45) is 5.41 Å². The maximum atomic E-state index is 12.9. The predicted octanol–water partition coefficient (Wildman–Crippen LogP) is 4.25. The number of thiazole rings is 1. The summed E-state index contributed by atoms with van der Waals surface area (Å²) in [5.74, 6) is -0.507. The molecule has 0 saturated heterocycles. The monoisotopic (exact) mass is 388 g/mol. The maximum Gasteiger partial charge on any atom is 0.313 e. The second-order valence-electron chi connectivity index (χ2n) is 8.10. The van der Waals surface area contributed by atoms with E-state index in [1.165, 1.54) is 0 Å². The molecule has 3 rings (SSSR count). The fourth-order valence-corrected chi connectivity index (χ4v) is 4.69. The van der Waals surface area contributed by atoms with E-state index in [0.717, 1.165) is 47.3 Å². The van der Waals surface area contributed by atoms with Gasteiger partial charge in [0, 0.05) is 12.0 Å². The molecular formula is C21H28N2O3S. The molecule has 0 unspecified atom stereocenters.